The van der Waals surface area contributed by atoms with Gasteiger partial charge in [0.2, 0.25) is 0 Å². The van der Waals surface area contributed by atoms with Crippen LogP contribution in [0.2, 0.25) is 5.02 Å². The van der Waals surface area contributed by atoms with Crippen molar-refractivity contribution < 1.29 is 14.3 Å². The molecule has 0 fully saturated rings. The van der Waals surface area contributed by atoms with Gasteiger partial charge in [0, 0.05) is 30.3 Å². The normalized spacial score (nSPS) is 10.9. The number of amides is 1. The van der Waals surface area contributed by atoms with Gasteiger partial charge >= 0.3 is 0 Å². The van der Waals surface area contributed by atoms with Crippen molar-refractivity contribution in [3.63, 3.8) is 0 Å². The van der Waals surface area contributed by atoms with Crippen molar-refractivity contribution in [3.05, 3.63) is 110 Å². The zero-order valence-electron chi connectivity index (χ0n) is 20.8. The van der Waals surface area contributed by atoms with E-state index in [1.165, 1.54) is 7.11 Å². The standard InChI is InChI=1S/C29H23ClN4O5/c1-38-24-15-22-18(14-19(24)29(31)37)23(10-12-32-22)39-17-7-8-21(20(30)13-17)34-26-25(27(35)28(26)36)33-11-9-16-5-3-2-4-6-16/h2-8,10,12-15,33-34H,9,11H2,1H3,(H2,31,37). The third-order valence-electron chi connectivity index (χ3n) is 6.18. The van der Waals surface area contributed by atoms with E-state index in [9.17, 15) is 14.4 Å². The molecule has 196 valence electrons. The minimum atomic E-state index is -0.644. The summed E-state index contributed by atoms with van der Waals surface area (Å²) in [6.07, 6.45) is 2.26. The van der Waals surface area contributed by atoms with Crippen LogP contribution in [-0.2, 0) is 6.42 Å². The molecule has 1 heterocycles. The molecule has 10 heteroatoms. The Hall–Kier alpha value is -4.89. The molecule has 9 nitrogen and oxygen atoms in total. The smallest absolute Gasteiger partial charge is 0.253 e. The fraction of sp³-hybridized carbons (Fsp3) is 0.103. The number of ether oxygens (including phenoxy) is 2. The molecule has 0 saturated carbocycles. The highest BCUT2D eigenvalue weighted by Crippen LogP contribution is 2.36. The van der Waals surface area contributed by atoms with Crippen LogP contribution >= 0.6 is 11.6 Å². The molecule has 0 bridgehead atoms. The molecule has 0 unspecified atom stereocenters. The molecule has 0 saturated heterocycles. The predicted octanol–water partition coefficient (Wildman–Crippen LogP) is 4.78. The lowest BCUT2D eigenvalue weighted by Crippen LogP contribution is -2.37. The molecule has 1 aromatic heterocycles. The number of carbonyl (C=O) groups is 1. The number of pyridine rings is 1. The van der Waals surface area contributed by atoms with Gasteiger partial charge in [-0.1, -0.05) is 41.9 Å². The molecular weight excluding hydrogens is 520 g/mol. The van der Waals surface area contributed by atoms with Gasteiger partial charge < -0.3 is 25.8 Å². The Balaban J connectivity index is 1.33. The quantitative estimate of drug-likeness (QED) is 0.215. The van der Waals surface area contributed by atoms with Crippen LogP contribution in [0.3, 0.4) is 0 Å². The lowest BCUT2D eigenvalue weighted by Gasteiger charge is -2.16. The van der Waals surface area contributed by atoms with Crippen LogP contribution in [0.5, 0.6) is 17.2 Å². The molecule has 0 atom stereocenters. The summed E-state index contributed by atoms with van der Waals surface area (Å²) in [4.78, 5) is 40.6. The molecule has 0 aliphatic heterocycles. The second-order valence-electron chi connectivity index (χ2n) is 8.68. The predicted molar refractivity (Wildman–Crippen MR) is 152 cm³/mol. The Kier molecular flexibility index (Phi) is 7.16. The Morgan fingerprint density at radius 2 is 1.74 bits per heavy atom. The van der Waals surface area contributed by atoms with Crippen LogP contribution < -0.4 is 36.7 Å². The van der Waals surface area contributed by atoms with E-state index >= 15 is 0 Å². The van der Waals surface area contributed by atoms with Crippen molar-refractivity contribution in [1.82, 2.24) is 4.98 Å². The van der Waals surface area contributed by atoms with E-state index in [1.807, 2.05) is 30.3 Å². The van der Waals surface area contributed by atoms with E-state index in [4.69, 9.17) is 26.8 Å². The first-order chi connectivity index (χ1) is 18.9. The van der Waals surface area contributed by atoms with Crippen LogP contribution in [0.4, 0.5) is 17.1 Å². The third kappa shape index (κ3) is 5.25. The fourth-order valence-corrected chi connectivity index (χ4v) is 4.39. The van der Waals surface area contributed by atoms with E-state index < -0.39 is 16.8 Å². The number of rotatable bonds is 10. The number of benzene rings is 3. The molecule has 0 aliphatic carbocycles. The molecule has 39 heavy (non-hydrogen) atoms. The van der Waals surface area contributed by atoms with E-state index in [-0.39, 0.29) is 22.0 Å². The molecule has 4 N–H and O–H groups in total. The van der Waals surface area contributed by atoms with Gasteiger partial charge in [-0.15, -0.1) is 0 Å². The minimum Gasteiger partial charge on any atom is -0.496 e. The fourth-order valence-electron chi connectivity index (χ4n) is 4.18. The average molecular weight is 543 g/mol. The van der Waals surface area contributed by atoms with Crippen molar-refractivity contribution in [2.24, 2.45) is 5.73 Å². The second kappa shape index (κ2) is 10.8. The summed E-state index contributed by atoms with van der Waals surface area (Å²) in [7, 11) is 1.44. The van der Waals surface area contributed by atoms with Crippen LogP contribution in [0, 0.1) is 0 Å². The molecular formula is C29H23ClN4O5. The van der Waals surface area contributed by atoms with Gasteiger partial charge in [-0.25, -0.2) is 0 Å². The summed E-state index contributed by atoms with van der Waals surface area (Å²) in [5, 5.41) is 6.84. The Morgan fingerprint density at radius 1 is 0.974 bits per heavy atom. The number of nitrogens with two attached hydrogens (primary N) is 1. The Labute approximate surface area is 227 Å². The number of hydrogen-bond donors (Lipinski definition) is 3. The van der Waals surface area contributed by atoms with Crippen molar-refractivity contribution in [3.8, 4) is 17.2 Å². The van der Waals surface area contributed by atoms with Gasteiger partial charge in [0.25, 0.3) is 16.8 Å². The first kappa shape index (κ1) is 25.7. The zero-order valence-corrected chi connectivity index (χ0v) is 21.5. The first-order valence-corrected chi connectivity index (χ1v) is 12.4. The number of fused-ring (bicyclic) bond motifs is 1. The van der Waals surface area contributed by atoms with Crippen molar-refractivity contribution >= 4 is 45.5 Å². The van der Waals surface area contributed by atoms with Gasteiger partial charge in [-0.3, -0.25) is 19.4 Å². The number of anilines is 3. The maximum Gasteiger partial charge on any atom is 0.253 e. The lowest BCUT2D eigenvalue weighted by atomic mass is 10.1. The monoisotopic (exact) mass is 542 g/mol. The highest BCUT2D eigenvalue weighted by Gasteiger charge is 2.22. The van der Waals surface area contributed by atoms with E-state index in [1.54, 1.807) is 42.6 Å². The summed E-state index contributed by atoms with van der Waals surface area (Å²) in [5.74, 6) is 0.495. The lowest BCUT2D eigenvalue weighted by molar-refractivity contribution is 0.0997. The molecule has 5 rings (SSSR count). The van der Waals surface area contributed by atoms with Gasteiger partial charge in [0.1, 0.15) is 28.6 Å². The number of nitrogens with zero attached hydrogens (tertiary/aromatic N) is 1. The first-order valence-electron chi connectivity index (χ1n) is 12.0. The Morgan fingerprint density at radius 3 is 2.46 bits per heavy atom. The van der Waals surface area contributed by atoms with Gasteiger partial charge in [0.15, 0.2) is 0 Å². The largest absolute Gasteiger partial charge is 0.496 e. The van der Waals surface area contributed by atoms with E-state index in [0.717, 1.165) is 5.56 Å². The minimum absolute atomic E-state index is 0.164. The zero-order chi connectivity index (χ0) is 27.5. The number of halogens is 1. The van der Waals surface area contributed by atoms with Crippen molar-refractivity contribution in [2.75, 3.05) is 24.3 Å². The van der Waals surface area contributed by atoms with Crippen LogP contribution in [-0.4, -0.2) is 24.5 Å². The van der Waals surface area contributed by atoms with Gasteiger partial charge in [-0.05, 0) is 36.2 Å². The van der Waals surface area contributed by atoms with Gasteiger partial charge in [-0.2, -0.15) is 0 Å². The van der Waals surface area contributed by atoms with E-state index in [2.05, 4.69) is 15.6 Å². The molecule has 5 aromatic rings. The Bertz CT molecular complexity index is 1760. The molecule has 0 radical (unpaired) electrons. The van der Waals surface area contributed by atoms with Crippen molar-refractivity contribution in [1.29, 1.82) is 0 Å². The summed E-state index contributed by atoms with van der Waals surface area (Å²) in [6, 6.07) is 19.5. The molecule has 0 aliphatic rings. The topological polar surface area (TPSA) is 133 Å². The summed E-state index contributed by atoms with van der Waals surface area (Å²) in [5.41, 5.74) is 7.00. The molecule has 0 spiro atoms. The molecule has 1 amide bonds. The van der Waals surface area contributed by atoms with Crippen LogP contribution in [0.1, 0.15) is 15.9 Å². The summed E-state index contributed by atoms with van der Waals surface area (Å²) in [6.45, 7) is 0.493. The highest BCUT2D eigenvalue weighted by molar-refractivity contribution is 6.33. The summed E-state index contributed by atoms with van der Waals surface area (Å²) < 4.78 is 11.3. The number of methoxy groups -OCH3 is 1. The highest BCUT2D eigenvalue weighted by atomic mass is 35.5. The number of primary amides is 1. The second-order valence-corrected chi connectivity index (χ2v) is 9.09. The maximum atomic E-state index is 12.2. The van der Waals surface area contributed by atoms with Crippen LogP contribution in [0.25, 0.3) is 10.9 Å². The number of nitrogens with one attached hydrogen (secondary N) is 2. The number of hydrogen-bond acceptors (Lipinski definition) is 8. The molecule has 4 aromatic carbocycles. The maximum absolute atomic E-state index is 12.2. The van der Waals surface area contributed by atoms with E-state index in [0.29, 0.717) is 46.8 Å². The average Bonchev–Trinajstić information content (AvgIpc) is 2.95. The number of carbonyl (C=O) groups excluding carboxylic acids is 1. The van der Waals surface area contributed by atoms with Crippen molar-refractivity contribution in [2.45, 2.75) is 6.42 Å². The SMILES string of the molecule is COc1cc2nccc(Oc3ccc(Nc4c(NCCc5ccccc5)c(=O)c4=O)c(Cl)c3)c2cc1C(N)=O. The van der Waals surface area contributed by atoms with Gasteiger partial charge in [0.05, 0.1) is 28.9 Å². The summed E-state index contributed by atoms with van der Waals surface area (Å²) >= 11 is 6.49. The third-order valence-corrected chi connectivity index (χ3v) is 6.50. The van der Waals surface area contributed by atoms with Crippen LogP contribution in [0.15, 0.2) is 82.5 Å². The number of aromatic nitrogens is 1.